The summed E-state index contributed by atoms with van der Waals surface area (Å²) in [5.74, 6) is 2.20. The van der Waals surface area contributed by atoms with Gasteiger partial charge in [0.2, 0.25) is 5.91 Å². The number of aryl methyl sites for hydroxylation is 1. The molecular weight excluding hydrogens is 500 g/mol. The van der Waals surface area contributed by atoms with E-state index in [0.717, 1.165) is 40.9 Å². The maximum absolute atomic E-state index is 13.2. The Labute approximate surface area is 222 Å². The number of rotatable bonds is 7. The predicted octanol–water partition coefficient (Wildman–Crippen LogP) is 1.60. The summed E-state index contributed by atoms with van der Waals surface area (Å²) in [4.78, 5) is 66.3. The number of hydrogen-bond donors (Lipinski definition) is 1. The third-order valence-corrected chi connectivity index (χ3v) is 7.58. The first kappa shape index (κ1) is 24.7. The number of amides is 1. The molecule has 1 saturated heterocycles. The van der Waals surface area contributed by atoms with Gasteiger partial charge in [-0.2, -0.15) is 0 Å². The van der Waals surface area contributed by atoms with Crippen molar-refractivity contribution in [1.82, 2.24) is 28.7 Å². The molecular formula is C27H28N8O4. The van der Waals surface area contributed by atoms with Gasteiger partial charge in [-0.3, -0.25) is 23.5 Å². The van der Waals surface area contributed by atoms with Crippen LogP contribution in [0.2, 0.25) is 0 Å². The number of piperidine rings is 1. The third-order valence-electron chi connectivity index (χ3n) is 7.58. The highest BCUT2D eigenvalue weighted by Crippen LogP contribution is 2.45. The molecule has 12 nitrogen and oxygen atoms in total. The number of aromatic nitrogens is 6. The molecule has 39 heavy (non-hydrogen) atoms. The second kappa shape index (κ2) is 9.29. The number of nitrogens with one attached hydrogen (secondary N) is 1. The fourth-order valence-corrected chi connectivity index (χ4v) is 5.28. The van der Waals surface area contributed by atoms with Gasteiger partial charge in [-0.1, -0.05) is 6.07 Å². The quantitative estimate of drug-likeness (QED) is 0.382. The Morgan fingerprint density at radius 3 is 2.56 bits per heavy atom. The predicted molar refractivity (Wildman–Crippen MR) is 145 cm³/mol. The van der Waals surface area contributed by atoms with Crippen LogP contribution in [0.5, 0.6) is 0 Å². The number of anilines is 2. The Morgan fingerprint density at radius 1 is 1.10 bits per heavy atom. The lowest BCUT2D eigenvalue weighted by Gasteiger charge is -2.19. The van der Waals surface area contributed by atoms with E-state index in [-0.39, 0.29) is 23.5 Å². The molecule has 1 amide bonds. The standard InChI is InChI=1S/C27H28N8O4/c1-15(36)11-34-26(38)23-24(32(3)27(34)39)29-14-35(23)16(2)25(37)31-21-6-4-5-20(30-21)17-7-8-22(28-10-17)33-12-18-9-19(18)13-33/h4-8,10,14,16,18-19H,9,11-13H2,1-3H3,(H,30,31,37)/t16-,18?,19?/m0/s1. The lowest BCUT2D eigenvalue weighted by atomic mass is 10.2. The van der Waals surface area contributed by atoms with Crippen LogP contribution in [0.4, 0.5) is 11.6 Å². The van der Waals surface area contributed by atoms with Crippen LogP contribution in [0.1, 0.15) is 26.3 Å². The summed E-state index contributed by atoms with van der Waals surface area (Å²) in [7, 11) is 1.47. The molecule has 12 heteroatoms. The van der Waals surface area contributed by atoms with Crippen molar-refractivity contribution in [2.45, 2.75) is 32.9 Å². The van der Waals surface area contributed by atoms with Crippen molar-refractivity contribution in [3.8, 4) is 11.3 Å². The van der Waals surface area contributed by atoms with E-state index in [2.05, 4.69) is 25.2 Å². The number of nitrogens with zero attached hydrogens (tertiary/aromatic N) is 7. The summed E-state index contributed by atoms with van der Waals surface area (Å²) in [5.41, 5.74) is 0.363. The van der Waals surface area contributed by atoms with Gasteiger partial charge in [0.1, 0.15) is 23.5 Å². The van der Waals surface area contributed by atoms with Crippen molar-refractivity contribution in [3.63, 3.8) is 0 Å². The van der Waals surface area contributed by atoms with E-state index in [1.165, 1.54) is 35.9 Å². The summed E-state index contributed by atoms with van der Waals surface area (Å²) in [5, 5.41) is 2.80. The highest BCUT2D eigenvalue weighted by molar-refractivity contribution is 5.93. The molecule has 200 valence electrons. The Morgan fingerprint density at radius 2 is 1.87 bits per heavy atom. The van der Waals surface area contributed by atoms with Crippen LogP contribution in [0.25, 0.3) is 22.4 Å². The molecule has 0 aromatic carbocycles. The first-order valence-corrected chi connectivity index (χ1v) is 12.9. The van der Waals surface area contributed by atoms with Crippen LogP contribution in [0.3, 0.4) is 0 Å². The SMILES string of the molecule is CC(=O)Cn1c(=O)c2c(ncn2[C@@H](C)C(=O)Nc2cccc(-c3ccc(N4CC5CC5C4)nc3)n2)n(C)c1=O. The fourth-order valence-electron chi connectivity index (χ4n) is 5.28. The number of hydrogen-bond acceptors (Lipinski definition) is 8. The molecule has 2 unspecified atom stereocenters. The lowest BCUT2D eigenvalue weighted by molar-refractivity contribution is -0.119. The average molecular weight is 529 g/mol. The number of ketones is 1. The summed E-state index contributed by atoms with van der Waals surface area (Å²) in [6.45, 7) is 4.69. The maximum atomic E-state index is 13.2. The first-order valence-electron chi connectivity index (χ1n) is 12.9. The number of imidazole rings is 1. The van der Waals surface area contributed by atoms with Crippen molar-refractivity contribution < 1.29 is 9.59 Å². The van der Waals surface area contributed by atoms with Crippen LogP contribution in [-0.4, -0.2) is 53.4 Å². The molecule has 4 aromatic rings. The Hall–Kier alpha value is -4.61. The summed E-state index contributed by atoms with van der Waals surface area (Å²) >= 11 is 0. The summed E-state index contributed by atoms with van der Waals surface area (Å²) < 4.78 is 3.44. The number of Topliss-reactive ketones (excluding diaryl/α,β-unsaturated/α-hetero) is 1. The maximum Gasteiger partial charge on any atom is 0.332 e. The molecule has 1 N–H and O–H groups in total. The van der Waals surface area contributed by atoms with Crippen molar-refractivity contribution in [2.75, 3.05) is 23.3 Å². The monoisotopic (exact) mass is 528 g/mol. The van der Waals surface area contributed by atoms with Gasteiger partial charge in [0.05, 0.1) is 18.6 Å². The Balaban J connectivity index is 1.23. The van der Waals surface area contributed by atoms with E-state index in [9.17, 15) is 19.2 Å². The second-order valence-corrected chi connectivity index (χ2v) is 10.4. The molecule has 1 aliphatic carbocycles. The van der Waals surface area contributed by atoms with E-state index >= 15 is 0 Å². The molecule has 2 aliphatic rings. The largest absolute Gasteiger partial charge is 0.356 e. The van der Waals surface area contributed by atoms with E-state index in [4.69, 9.17) is 0 Å². The van der Waals surface area contributed by atoms with Gasteiger partial charge in [0.25, 0.3) is 5.56 Å². The molecule has 1 aliphatic heterocycles. The number of carbonyl (C=O) groups is 2. The van der Waals surface area contributed by atoms with Gasteiger partial charge in [-0.25, -0.2) is 19.7 Å². The minimum absolute atomic E-state index is 0.0594. The average Bonchev–Trinajstić information content (AvgIpc) is 3.31. The molecule has 4 aromatic heterocycles. The molecule has 0 spiro atoms. The molecule has 2 fully saturated rings. The minimum Gasteiger partial charge on any atom is -0.356 e. The summed E-state index contributed by atoms with van der Waals surface area (Å²) in [6.07, 6.45) is 4.48. The van der Waals surface area contributed by atoms with Gasteiger partial charge in [-0.05, 0) is 56.4 Å². The second-order valence-electron chi connectivity index (χ2n) is 10.4. The van der Waals surface area contributed by atoms with Crippen molar-refractivity contribution in [2.24, 2.45) is 18.9 Å². The van der Waals surface area contributed by atoms with Crippen molar-refractivity contribution >= 4 is 34.5 Å². The van der Waals surface area contributed by atoms with Gasteiger partial charge < -0.3 is 14.8 Å². The zero-order valence-electron chi connectivity index (χ0n) is 21.9. The number of pyridine rings is 2. The smallest absolute Gasteiger partial charge is 0.332 e. The number of fused-ring (bicyclic) bond motifs is 2. The van der Waals surface area contributed by atoms with Crippen molar-refractivity contribution in [3.05, 3.63) is 63.7 Å². The highest BCUT2D eigenvalue weighted by atomic mass is 16.2. The minimum atomic E-state index is -0.857. The molecule has 1 saturated carbocycles. The summed E-state index contributed by atoms with van der Waals surface area (Å²) in [6, 6.07) is 8.46. The van der Waals surface area contributed by atoms with Crippen molar-refractivity contribution in [1.29, 1.82) is 0 Å². The zero-order chi connectivity index (χ0) is 27.4. The zero-order valence-corrected chi connectivity index (χ0v) is 21.9. The van der Waals surface area contributed by atoms with E-state index in [1.54, 1.807) is 25.3 Å². The Kier molecular flexibility index (Phi) is 5.89. The van der Waals surface area contributed by atoms with Gasteiger partial charge in [-0.15, -0.1) is 0 Å². The lowest BCUT2D eigenvalue weighted by Crippen LogP contribution is -2.41. The first-order chi connectivity index (χ1) is 18.7. The molecule has 3 atom stereocenters. The molecule has 5 heterocycles. The van der Waals surface area contributed by atoms with Crippen LogP contribution >= 0.6 is 0 Å². The topological polar surface area (TPSA) is 137 Å². The van der Waals surface area contributed by atoms with Crippen LogP contribution in [-0.2, 0) is 23.2 Å². The Bertz CT molecular complexity index is 1730. The van der Waals surface area contributed by atoms with Gasteiger partial charge >= 0.3 is 5.69 Å². The number of carbonyl (C=O) groups excluding carboxylic acids is 2. The van der Waals surface area contributed by atoms with Crippen LogP contribution < -0.4 is 21.5 Å². The fraction of sp³-hybridized carbons (Fsp3) is 0.370. The van der Waals surface area contributed by atoms with E-state index in [1.807, 2.05) is 18.2 Å². The van der Waals surface area contributed by atoms with Gasteiger partial charge in [0, 0.05) is 31.9 Å². The normalized spacial score (nSPS) is 18.7. The van der Waals surface area contributed by atoms with E-state index < -0.39 is 23.2 Å². The highest BCUT2D eigenvalue weighted by Gasteiger charge is 2.45. The molecule has 0 bridgehead atoms. The molecule has 0 radical (unpaired) electrons. The third kappa shape index (κ3) is 4.41. The van der Waals surface area contributed by atoms with Gasteiger partial charge in [0.15, 0.2) is 11.2 Å². The molecule has 6 rings (SSSR count). The van der Waals surface area contributed by atoms with Crippen LogP contribution in [0.15, 0.2) is 52.4 Å². The van der Waals surface area contributed by atoms with Crippen LogP contribution in [0, 0.1) is 11.8 Å². The van der Waals surface area contributed by atoms with E-state index in [0.29, 0.717) is 11.5 Å².